The summed E-state index contributed by atoms with van der Waals surface area (Å²) in [5, 5.41) is 9.76. The van der Waals surface area contributed by atoms with Crippen LogP contribution >= 0.6 is 0 Å². The zero-order valence-electron chi connectivity index (χ0n) is 10.9. The largest absolute Gasteiger partial charge is 0.390 e. The summed E-state index contributed by atoms with van der Waals surface area (Å²) in [7, 11) is 0. The van der Waals surface area contributed by atoms with Crippen molar-refractivity contribution in [3.63, 3.8) is 0 Å². The van der Waals surface area contributed by atoms with E-state index in [1.165, 1.54) is 43.8 Å². The van der Waals surface area contributed by atoms with E-state index < -0.39 is 0 Å². The second-order valence-corrected chi connectivity index (χ2v) is 4.61. The van der Waals surface area contributed by atoms with Gasteiger partial charge < -0.3 is 5.11 Å². The molecule has 1 heterocycles. The molecule has 1 rings (SSSR count). The first-order valence-electron chi connectivity index (χ1n) is 6.56. The van der Waals surface area contributed by atoms with Crippen LogP contribution in [-0.2, 0) is 6.61 Å². The zero-order valence-corrected chi connectivity index (χ0v) is 12.1. The Hall–Kier alpha value is -0.358. The minimum Gasteiger partial charge on any atom is -0.390 e. The number of nitrogens with zero attached hydrogens (tertiary/aromatic N) is 1. The molecule has 1 aromatic heterocycles. The van der Waals surface area contributed by atoms with E-state index in [2.05, 4.69) is 28.2 Å². The molecular weight excluding hydrogens is 225 g/mol. The lowest BCUT2D eigenvalue weighted by Crippen LogP contribution is -1.84. The van der Waals surface area contributed by atoms with E-state index in [1.807, 2.05) is 12.1 Å². The van der Waals surface area contributed by atoms with Crippen LogP contribution in [0.25, 0.3) is 0 Å². The lowest BCUT2D eigenvalue weighted by molar-refractivity contribution is 0.277. The molecule has 0 aromatic carbocycles. The second kappa shape index (κ2) is 13.7. The molecule has 0 saturated heterocycles. The Kier molecular flexibility index (Phi) is 13.4. The van der Waals surface area contributed by atoms with Crippen LogP contribution < -0.4 is 0 Å². The fraction of sp³-hybridized carbons (Fsp3) is 0.643. The van der Waals surface area contributed by atoms with E-state index >= 15 is 0 Å². The number of aromatic nitrogens is 1. The molecule has 0 atom stereocenters. The van der Waals surface area contributed by atoms with Crippen LogP contribution in [0.1, 0.15) is 51.1 Å². The third-order valence-electron chi connectivity index (χ3n) is 2.45. The van der Waals surface area contributed by atoms with Crippen molar-refractivity contribution in [3.8, 4) is 0 Å². The first-order valence-corrected chi connectivity index (χ1v) is 7.37. The van der Waals surface area contributed by atoms with Gasteiger partial charge in [0.1, 0.15) is 16.3 Å². The summed E-state index contributed by atoms with van der Waals surface area (Å²) in [5.74, 6) is 0. The van der Waals surface area contributed by atoms with E-state index in [0.29, 0.717) is 5.69 Å². The molecule has 0 fully saturated rings. The Morgan fingerprint density at radius 2 is 1.82 bits per heavy atom. The number of hydrogen-bond acceptors (Lipinski definition) is 2. The van der Waals surface area contributed by atoms with E-state index in [0.717, 1.165) is 0 Å². The molecular formula is C14H24AlNO. The Morgan fingerprint density at radius 3 is 2.29 bits per heavy atom. The summed E-state index contributed by atoms with van der Waals surface area (Å²) >= 11 is 2.78. The quantitative estimate of drug-likeness (QED) is 0.592. The highest BCUT2D eigenvalue weighted by Gasteiger charge is 1.85. The van der Waals surface area contributed by atoms with E-state index in [4.69, 9.17) is 5.11 Å². The summed E-state index contributed by atoms with van der Waals surface area (Å²) in [5.41, 5.74) is 0.715. The standard InChI is InChI=1S/C8H17.C6H7NO.Al/c1-3-5-7-8-6-4-2;8-5-6-3-1-2-4-7-6;/h1,3-8H2,2H3;1-4,8H,5H2;. The number of unbranched alkanes of at least 4 members (excludes halogenated alkanes) is 5. The molecule has 1 aromatic rings. The van der Waals surface area contributed by atoms with E-state index in [9.17, 15) is 0 Å². The molecule has 94 valence electrons. The van der Waals surface area contributed by atoms with Crippen LogP contribution in [0.15, 0.2) is 24.4 Å². The average Bonchev–Trinajstić information content (AvgIpc) is 2.40. The average molecular weight is 249 g/mol. The van der Waals surface area contributed by atoms with Gasteiger partial charge in [-0.15, -0.1) is 5.28 Å². The van der Waals surface area contributed by atoms with Crippen LogP contribution in [0.5, 0.6) is 0 Å². The van der Waals surface area contributed by atoms with E-state index in [-0.39, 0.29) is 6.61 Å². The van der Waals surface area contributed by atoms with Gasteiger partial charge in [-0.05, 0) is 12.1 Å². The van der Waals surface area contributed by atoms with Gasteiger partial charge in [0, 0.05) is 6.20 Å². The summed E-state index contributed by atoms with van der Waals surface area (Å²) in [6.07, 6.45) is 10.2. The van der Waals surface area contributed by atoms with Gasteiger partial charge in [-0.2, -0.15) is 0 Å². The van der Waals surface area contributed by atoms with Crippen molar-refractivity contribution in [2.24, 2.45) is 0 Å². The smallest absolute Gasteiger partial charge is 0.118 e. The Labute approximate surface area is 114 Å². The fourth-order valence-corrected chi connectivity index (χ4v) is 1.70. The van der Waals surface area contributed by atoms with Gasteiger partial charge in [0.05, 0.1) is 12.3 Å². The van der Waals surface area contributed by atoms with Crippen LogP contribution in [0.3, 0.4) is 0 Å². The number of rotatable bonds is 7. The third kappa shape index (κ3) is 11.9. The number of pyridine rings is 1. The number of aliphatic hydroxyl groups is 1. The van der Waals surface area contributed by atoms with Crippen molar-refractivity contribution >= 4 is 16.3 Å². The molecule has 3 heteroatoms. The molecule has 0 aliphatic carbocycles. The molecule has 0 bridgehead atoms. The van der Waals surface area contributed by atoms with Crippen molar-refractivity contribution in [1.82, 2.24) is 4.98 Å². The van der Waals surface area contributed by atoms with Gasteiger partial charge in [0.2, 0.25) is 0 Å². The van der Waals surface area contributed by atoms with E-state index in [1.54, 1.807) is 12.3 Å². The van der Waals surface area contributed by atoms with Crippen molar-refractivity contribution in [1.29, 1.82) is 0 Å². The van der Waals surface area contributed by atoms with Crippen LogP contribution in [0, 0.1) is 0 Å². The fourth-order valence-electron chi connectivity index (χ4n) is 1.42. The maximum absolute atomic E-state index is 8.48. The van der Waals surface area contributed by atoms with Crippen LogP contribution in [0.4, 0.5) is 0 Å². The molecule has 17 heavy (non-hydrogen) atoms. The first kappa shape index (κ1) is 16.6. The summed E-state index contributed by atoms with van der Waals surface area (Å²) in [6.45, 7) is 2.29. The van der Waals surface area contributed by atoms with Crippen molar-refractivity contribution < 1.29 is 5.11 Å². The minimum atomic E-state index is 0.0286. The predicted molar refractivity (Wildman–Crippen MR) is 74.1 cm³/mol. The van der Waals surface area contributed by atoms with Gasteiger partial charge in [0.25, 0.3) is 0 Å². The van der Waals surface area contributed by atoms with Crippen LogP contribution in [-0.4, -0.2) is 26.4 Å². The Bertz CT molecular complexity index is 235. The zero-order chi connectivity index (χ0) is 12.8. The lowest BCUT2D eigenvalue weighted by Gasteiger charge is -1.96. The molecule has 0 aliphatic rings. The predicted octanol–water partition coefficient (Wildman–Crippen LogP) is 3.51. The third-order valence-corrected chi connectivity index (χ3v) is 2.85. The van der Waals surface area contributed by atoms with Gasteiger partial charge in [-0.1, -0.05) is 51.5 Å². The monoisotopic (exact) mass is 249 g/mol. The topological polar surface area (TPSA) is 33.1 Å². The van der Waals surface area contributed by atoms with Gasteiger partial charge >= 0.3 is 0 Å². The highest BCUT2D eigenvalue weighted by atomic mass is 27.0. The molecule has 0 saturated carbocycles. The highest BCUT2D eigenvalue weighted by molar-refractivity contribution is 6.08. The number of hydrogen-bond donors (Lipinski definition) is 1. The first-order chi connectivity index (χ1) is 8.35. The summed E-state index contributed by atoms with van der Waals surface area (Å²) < 4.78 is 0. The summed E-state index contributed by atoms with van der Waals surface area (Å²) in [4.78, 5) is 3.85. The highest BCUT2D eigenvalue weighted by Crippen LogP contribution is 2.05. The molecule has 1 N–H and O–H groups in total. The second-order valence-electron chi connectivity index (χ2n) is 4.04. The Morgan fingerprint density at radius 1 is 1.12 bits per heavy atom. The summed E-state index contributed by atoms with van der Waals surface area (Å²) in [6, 6.07) is 5.44. The SMILES string of the molecule is CCCCCCC[CH2][Al].OCc1ccccn1. The lowest BCUT2D eigenvalue weighted by atomic mass is 10.1. The molecule has 0 aliphatic heterocycles. The maximum Gasteiger partial charge on any atom is 0.118 e. The normalized spacial score (nSPS) is 9.53. The van der Waals surface area contributed by atoms with Crippen molar-refractivity contribution in [2.45, 2.75) is 57.3 Å². The van der Waals surface area contributed by atoms with Crippen molar-refractivity contribution in [2.75, 3.05) is 0 Å². The number of aliphatic hydroxyl groups excluding tert-OH is 1. The van der Waals surface area contributed by atoms with Gasteiger partial charge in [-0.25, -0.2) is 0 Å². The molecule has 0 spiro atoms. The minimum absolute atomic E-state index is 0.0286. The van der Waals surface area contributed by atoms with Crippen molar-refractivity contribution in [3.05, 3.63) is 30.1 Å². The van der Waals surface area contributed by atoms with Gasteiger partial charge in [-0.3, -0.25) is 4.98 Å². The van der Waals surface area contributed by atoms with Gasteiger partial charge in [0.15, 0.2) is 0 Å². The molecule has 2 radical (unpaired) electrons. The Balaban J connectivity index is 0.000000302. The molecule has 0 unspecified atom stereocenters. The molecule has 2 nitrogen and oxygen atoms in total. The maximum atomic E-state index is 8.48. The molecule has 0 amide bonds. The van der Waals surface area contributed by atoms with Crippen LogP contribution in [0.2, 0.25) is 5.28 Å².